The molecule has 0 atom stereocenters. The Kier molecular flexibility index (Phi) is 3.57. The third kappa shape index (κ3) is 2.64. The first-order chi connectivity index (χ1) is 8.52. The monoisotopic (exact) mass is 250 g/mol. The number of aromatic carboxylic acids is 1. The smallest absolute Gasteiger partial charge is 0.336 e. The van der Waals surface area contributed by atoms with E-state index in [1.54, 1.807) is 25.1 Å². The summed E-state index contributed by atoms with van der Waals surface area (Å²) < 4.78 is 5.60. The molecule has 0 aliphatic heterocycles. The number of rotatable bonds is 4. The van der Waals surface area contributed by atoms with Crippen molar-refractivity contribution in [3.8, 4) is 5.75 Å². The van der Waals surface area contributed by atoms with Crippen LogP contribution in [0.2, 0.25) is 0 Å². The van der Waals surface area contributed by atoms with Crippen LogP contribution in [0.5, 0.6) is 5.75 Å². The molecule has 4 nitrogen and oxygen atoms in total. The lowest BCUT2D eigenvalue weighted by molar-refractivity contribution is 0.00120. The summed E-state index contributed by atoms with van der Waals surface area (Å²) in [5.74, 6) is -0.423. The van der Waals surface area contributed by atoms with Crippen LogP contribution in [0.4, 0.5) is 0 Å². The summed E-state index contributed by atoms with van der Waals surface area (Å²) in [6, 6.07) is 4.94. The average Bonchev–Trinajstić information content (AvgIpc) is 2.75. The number of ether oxygens (including phenoxy) is 1. The predicted octanol–water partition coefficient (Wildman–Crippen LogP) is 2.38. The Morgan fingerprint density at radius 1 is 1.39 bits per heavy atom. The van der Waals surface area contributed by atoms with Gasteiger partial charge in [-0.2, -0.15) is 0 Å². The van der Waals surface area contributed by atoms with Crippen LogP contribution in [0, 0.1) is 6.92 Å². The van der Waals surface area contributed by atoms with Gasteiger partial charge in [0.15, 0.2) is 0 Å². The molecule has 98 valence electrons. The first kappa shape index (κ1) is 12.9. The highest BCUT2D eigenvalue weighted by Gasteiger charge is 2.32. The molecule has 0 unspecified atom stereocenters. The SMILES string of the molecule is Cc1c(OCC2(O)CCCC2)cccc1C(=O)O. The standard InChI is InChI=1S/C14H18O4/c1-10-11(13(15)16)5-4-6-12(10)18-9-14(17)7-2-3-8-14/h4-6,17H,2-3,7-9H2,1H3,(H,15,16). The third-order valence-corrected chi connectivity index (χ3v) is 3.55. The van der Waals surface area contributed by atoms with Crippen molar-refractivity contribution in [3.63, 3.8) is 0 Å². The number of hydrogen-bond donors (Lipinski definition) is 2. The van der Waals surface area contributed by atoms with Gasteiger partial charge in [0.1, 0.15) is 12.4 Å². The Morgan fingerprint density at radius 3 is 2.67 bits per heavy atom. The Balaban J connectivity index is 2.10. The van der Waals surface area contributed by atoms with E-state index in [0.717, 1.165) is 25.7 Å². The molecule has 1 aromatic rings. The van der Waals surface area contributed by atoms with E-state index in [4.69, 9.17) is 9.84 Å². The molecule has 0 saturated heterocycles. The van der Waals surface area contributed by atoms with E-state index in [9.17, 15) is 9.90 Å². The molecule has 1 aliphatic carbocycles. The van der Waals surface area contributed by atoms with Crippen LogP contribution in [0.3, 0.4) is 0 Å². The maximum absolute atomic E-state index is 11.0. The van der Waals surface area contributed by atoms with Crippen LogP contribution in [0.25, 0.3) is 0 Å². The number of carboxylic acids is 1. The van der Waals surface area contributed by atoms with Crippen molar-refractivity contribution in [1.29, 1.82) is 0 Å². The first-order valence-electron chi connectivity index (χ1n) is 6.20. The third-order valence-electron chi connectivity index (χ3n) is 3.55. The van der Waals surface area contributed by atoms with Gasteiger partial charge >= 0.3 is 5.97 Å². The summed E-state index contributed by atoms with van der Waals surface area (Å²) in [6.07, 6.45) is 3.55. The quantitative estimate of drug-likeness (QED) is 0.861. The molecule has 18 heavy (non-hydrogen) atoms. The second kappa shape index (κ2) is 4.98. The lowest BCUT2D eigenvalue weighted by atomic mass is 10.0. The van der Waals surface area contributed by atoms with E-state index in [0.29, 0.717) is 11.3 Å². The van der Waals surface area contributed by atoms with Crippen molar-refractivity contribution < 1.29 is 19.7 Å². The molecule has 0 spiro atoms. The van der Waals surface area contributed by atoms with Crippen LogP contribution in [0.15, 0.2) is 18.2 Å². The molecular weight excluding hydrogens is 232 g/mol. The Morgan fingerprint density at radius 2 is 2.06 bits per heavy atom. The summed E-state index contributed by atoms with van der Waals surface area (Å²) >= 11 is 0. The van der Waals surface area contributed by atoms with Crippen molar-refractivity contribution in [2.45, 2.75) is 38.2 Å². The zero-order valence-electron chi connectivity index (χ0n) is 10.5. The van der Waals surface area contributed by atoms with E-state index in [-0.39, 0.29) is 12.2 Å². The molecule has 0 radical (unpaired) electrons. The molecule has 1 saturated carbocycles. The first-order valence-corrected chi connectivity index (χ1v) is 6.20. The van der Waals surface area contributed by atoms with Gasteiger partial charge in [0.2, 0.25) is 0 Å². The van der Waals surface area contributed by atoms with Gasteiger partial charge in [-0.05, 0) is 31.9 Å². The van der Waals surface area contributed by atoms with Crippen LogP contribution in [0.1, 0.15) is 41.6 Å². The summed E-state index contributed by atoms with van der Waals surface area (Å²) in [5.41, 5.74) is 0.101. The molecule has 2 rings (SSSR count). The van der Waals surface area contributed by atoms with Gasteiger partial charge in [-0.15, -0.1) is 0 Å². The fourth-order valence-corrected chi connectivity index (χ4v) is 2.39. The maximum Gasteiger partial charge on any atom is 0.336 e. The summed E-state index contributed by atoms with van der Waals surface area (Å²) in [5, 5.41) is 19.2. The van der Waals surface area contributed by atoms with Crippen LogP contribution < -0.4 is 4.74 Å². The number of aliphatic hydroxyl groups is 1. The molecule has 1 aromatic carbocycles. The van der Waals surface area contributed by atoms with Gasteiger partial charge in [0.05, 0.1) is 11.2 Å². The Labute approximate surface area is 106 Å². The molecule has 4 heteroatoms. The number of benzene rings is 1. The minimum atomic E-state index is -0.961. The molecular formula is C14H18O4. The molecule has 0 bridgehead atoms. The zero-order valence-corrected chi connectivity index (χ0v) is 10.5. The minimum Gasteiger partial charge on any atom is -0.490 e. The minimum absolute atomic E-state index is 0.233. The predicted molar refractivity (Wildman–Crippen MR) is 67.1 cm³/mol. The van der Waals surface area contributed by atoms with E-state index in [1.165, 1.54) is 0 Å². The van der Waals surface area contributed by atoms with Crippen molar-refractivity contribution in [2.24, 2.45) is 0 Å². The van der Waals surface area contributed by atoms with Crippen molar-refractivity contribution in [1.82, 2.24) is 0 Å². The van der Waals surface area contributed by atoms with Gasteiger partial charge < -0.3 is 14.9 Å². The molecule has 0 heterocycles. The highest BCUT2D eigenvalue weighted by molar-refractivity contribution is 5.90. The summed E-state index contributed by atoms with van der Waals surface area (Å²) in [7, 11) is 0. The fraction of sp³-hybridized carbons (Fsp3) is 0.500. The van der Waals surface area contributed by atoms with Gasteiger partial charge in [-0.1, -0.05) is 18.9 Å². The largest absolute Gasteiger partial charge is 0.490 e. The summed E-state index contributed by atoms with van der Waals surface area (Å²) in [6.45, 7) is 1.95. The molecule has 1 aliphatic rings. The summed E-state index contributed by atoms with van der Waals surface area (Å²) in [4.78, 5) is 11.0. The second-order valence-electron chi connectivity index (χ2n) is 4.95. The van der Waals surface area contributed by atoms with Crippen LogP contribution in [-0.2, 0) is 0 Å². The average molecular weight is 250 g/mol. The number of carboxylic acid groups (broad SMARTS) is 1. The zero-order chi connectivity index (χ0) is 13.2. The molecule has 1 fully saturated rings. The van der Waals surface area contributed by atoms with Crippen LogP contribution >= 0.6 is 0 Å². The topological polar surface area (TPSA) is 66.8 Å². The normalized spacial score (nSPS) is 17.7. The Hall–Kier alpha value is -1.55. The maximum atomic E-state index is 11.0. The van der Waals surface area contributed by atoms with Crippen molar-refractivity contribution in [3.05, 3.63) is 29.3 Å². The fourth-order valence-electron chi connectivity index (χ4n) is 2.39. The Bertz CT molecular complexity index is 447. The van der Waals surface area contributed by atoms with Crippen molar-refractivity contribution >= 4 is 5.97 Å². The van der Waals surface area contributed by atoms with Gasteiger partial charge in [-0.25, -0.2) is 4.79 Å². The lowest BCUT2D eigenvalue weighted by Crippen LogP contribution is -2.32. The van der Waals surface area contributed by atoms with Crippen LogP contribution in [-0.4, -0.2) is 28.4 Å². The van der Waals surface area contributed by atoms with Gasteiger partial charge in [0.25, 0.3) is 0 Å². The van der Waals surface area contributed by atoms with E-state index >= 15 is 0 Å². The number of carbonyl (C=O) groups is 1. The molecule has 0 amide bonds. The highest BCUT2D eigenvalue weighted by atomic mass is 16.5. The van der Waals surface area contributed by atoms with E-state index in [1.807, 2.05) is 0 Å². The molecule has 0 aromatic heterocycles. The van der Waals surface area contributed by atoms with Gasteiger partial charge in [-0.3, -0.25) is 0 Å². The second-order valence-corrected chi connectivity index (χ2v) is 4.95. The highest BCUT2D eigenvalue weighted by Crippen LogP contribution is 2.31. The number of hydrogen-bond acceptors (Lipinski definition) is 3. The van der Waals surface area contributed by atoms with E-state index < -0.39 is 11.6 Å². The van der Waals surface area contributed by atoms with Crippen molar-refractivity contribution in [2.75, 3.05) is 6.61 Å². The molecule has 2 N–H and O–H groups in total. The van der Waals surface area contributed by atoms with E-state index in [2.05, 4.69) is 0 Å². The van der Waals surface area contributed by atoms with Gasteiger partial charge in [0, 0.05) is 5.56 Å². The lowest BCUT2D eigenvalue weighted by Gasteiger charge is -2.23.